The molecule has 0 aliphatic rings. The van der Waals surface area contributed by atoms with Gasteiger partial charge in [-0.25, -0.2) is 22.0 Å². The van der Waals surface area contributed by atoms with E-state index in [-0.39, 0.29) is 5.69 Å². The highest BCUT2D eigenvalue weighted by Crippen LogP contribution is 2.27. The first-order chi connectivity index (χ1) is 9.34. The number of halogens is 6. The minimum atomic E-state index is -2.30. The summed E-state index contributed by atoms with van der Waals surface area (Å²) in [6.07, 6.45) is 1.24. The van der Waals surface area contributed by atoms with Gasteiger partial charge in [-0.1, -0.05) is 0 Å². The first-order valence-electron chi connectivity index (χ1n) is 4.86. The molecule has 0 atom stereocenters. The van der Waals surface area contributed by atoms with Gasteiger partial charge in [0, 0.05) is 0 Å². The Morgan fingerprint density at radius 1 is 1.05 bits per heavy atom. The van der Waals surface area contributed by atoms with Crippen molar-refractivity contribution in [3.63, 3.8) is 0 Å². The van der Waals surface area contributed by atoms with Gasteiger partial charge in [0.1, 0.15) is 11.4 Å². The third-order valence-electron chi connectivity index (χ3n) is 2.27. The number of anilines is 1. The van der Waals surface area contributed by atoms with Gasteiger partial charge in [0.2, 0.25) is 5.82 Å². The number of hydrogen-bond donors (Lipinski definition) is 2. The summed E-state index contributed by atoms with van der Waals surface area (Å²) in [6.45, 7) is 0. The van der Waals surface area contributed by atoms with Crippen LogP contribution >= 0.6 is 22.6 Å². The molecule has 1 heterocycles. The number of carbonyl (C=O) groups excluding carboxylic acids is 1. The van der Waals surface area contributed by atoms with Crippen LogP contribution in [0, 0.1) is 32.7 Å². The van der Waals surface area contributed by atoms with Crippen molar-refractivity contribution >= 4 is 34.2 Å². The maximum absolute atomic E-state index is 13.3. The van der Waals surface area contributed by atoms with Crippen molar-refractivity contribution in [1.29, 1.82) is 0 Å². The normalized spacial score (nSPS) is 10.7. The molecule has 106 valence electrons. The van der Waals surface area contributed by atoms with Crippen LogP contribution in [0.1, 0.15) is 10.5 Å². The summed E-state index contributed by atoms with van der Waals surface area (Å²) in [5.41, 5.74) is -1.59. The topological polar surface area (TPSA) is 57.8 Å². The number of nitrogens with one attached hydrogen (secondary N) is 2. The van der Waals surface area contributed by atoms with Crippen molar-refractivity contribution in [1.82, 2.24) is 10.2 Å². The highest BCUT2D eigenvalue weighted by molar-refractivity contribution is 14.1. The summed E-state index contributed by atoms with van der Waals surface area (Å²) in [7, 11) is 0. The predicted octanol–water partition coefficient (Wildman–Crippen LogP) is 2.96. The Hall–Kier alpha value is -1.72. The van der Waals surface area contributed by atoms with Crippen molar-refractivity contribution in [2.45, 2.75) is 0 Å². The third kappa shape index (κ3) is 2.34. The maximum Gasteiger partial charge on any atom is 0.274 e. The van der Waals surface area contributed by atoms with Crippen molar-refractivity contribution in [3.8, 4) is 0 Å². The van der Waals surface area contributed by atoms with E-state index in [0.29, 0.717) is 3.57 Å². The Bertz CT molecular complexity index is 673. The largest absolute Gasteiger partial charge is 0.315 e. The van der Waals surface area contributed by atoms with Crippen LogP contribution in [0.5, 0.6) is 0 Å². The van der Waals surface area contributed by atoms with Crippen molar-refractivity contribution in [2.75, 3.05) is 5.32 Å². The van der Waals surface area contributed by atoms with Gasteiger partial charge in [-0.2, -0.15) is 5.10 Å². The van der Waals surface area contributed by atoms with Gasteiger partial charge >= 0.3 is 0 Å². The Labute approximate surface area is 121 Å². The van der Waals surface area contributed by atoms with Crippen LogP contribution in [-0.2, 0) is 0 Å². The molecule has 0 fully saturated rings. The van der Waals surface area contributed by atoms with Crippen LogP contribution in [0.15, 0.2) is 6.20 Å². The minimum absolute atomic E-state index is 0.172. The molecule has 4 nitrogen and oxygen atoms in total. The van der Waals surface area contributed by atoms with E-state index in [1.807, 2.05) is 0 Å². The monoisotopic (exact) mass is 403 g/mol. The average molecular weight is 403 g/mol. The molecule has 20 heavy (non-hydrogen) atoms. The summed E-state index contributed by atoms with van der Waals surface area (Å²) >= 11 is 1.70. The zero-order valence-corrected chi connectivity index (χ0v) is 11.4. The van der Waals surface area contributed by atoms with E-state index in [4.69, 9.17) is 0 Å². The van der Waals surface area contributed by atoms with Crippen molar-refractivity contribution in [2.24, 2.45) is 0 Å². The molecule has 0 saturated heterocycles. The van der Waals surface area contributed by atoms with Gasteiger partial charge in [0.15, 0.2) is 23.3 Å². The molecule has 0 saturated carbocycles. The minimum Gasteiger partial charge on any atom is -0.315 e. The number of aromatic amines is 1. The smallest absolute Gasteiger partial charge is 0.274 e. The lowest BCUT2D eigenvalue weighted by atomic mass is 10.2. The lowest BCUT2D eigenvalue weighted by Gasteiger charge is -2.09. The number of hydrogen-bond acceptors (Lipinski definition) is 2. The Morgan fingerprint density at radius 3 is 2.00 bits per heavy atom. The van der Waals surface area contributed by atoms with E-state index in [1.54, 1.807) is 27.9 Å². The summed E-state index contributed by atoms with van der Waals surface area (Å²) in [5, 5.41) is 7.34. The zero-order chi connectivity index (χ0) is 15.0. The van der Waals surface area contributed by atoms with Gasteiger partial charge in [0.05, 0.1) is 9.77 Å². The van der Waals surface area contributed by atoms with Gasteiger partial charge in [-0.15, -0.1) is 0 Å². The molecule has 10 heteroatoms. The molecule has 0 unspecified atom stereocenters. The zero-order valence-electron chi connectivity index (χ0n) is 9.20. The number of aromatic nitrogens is 2. The second-order valence-electron chi connectivity index (χ2n) is 3.49. The second kappa shape index (κ2) is 5.34. The Kier molecular flexibility index (Phi) is 3.92. The highest BCUT2D eigenvalue weighted by Gasteiger charge is 2.27. The molecule has 2 rings (SSSR count). The van der Waals surface area contributed by atoms with E-state index < -0.39 is 40.7 Å². The van der Waals surface area contributed by atoms with Crippen LogP contribution < -0.4 is 5.32 Å². The molecule has 1 aromatic heterocycles. The fourth-order valence-corrected chi connectivity index (χ4v) is 1.83. The van der Waals surface area contributed by atoms with Crippen molar-refractivity contribution < 1.29 is 26.7 Å². The van der Waals surface area contributed by atoms with E-state index in [9.17, 15) is 26.7 Å². The molecule has 0 aliphatic carbocycles. The van der Waals surface area contributed by atoms with E-state index >= 15 is 0 Å². The van der Waals surface area contributed by atoms with E-state index in [0.717, 1.165) is 0 Å². The lowest BCUT2D eigenvalue weighted by molar-refractivity contribution is 0.102. The van der Waals surface area contributed by atoms with Crippen LogP contribution in [0.2, 0.25) is 0 Å². The third-order valence-corrected chi connectivity index (χ3v) is 3.09. The lowest BCUT2D eigenvalue weighted by Crippen LogP contribution is -2.18. The summed E-state index contributed by atoms with van der Waals surface area (Å²) in [4.78, 5) is 11.6. The molecule has 0 bridgehead atoms. The number of H-pyrrole nitrogens is 1. The van der Waals surface area contributed by atoms with Crippen molar-refractivity contribution in [3.05, 3.63) is 44.5 Å². The SMILES string of the molecule is O=C(Nc1c(F)c(F)c(F)c(F)c1F)c1[nH]ncc1I. The molecule has 0 spiro atoms. The first kappa shape index (κ1) is 14.7. The summed E-state index contributed by atoms with van der Waals surface area (Å²) < 4.78 is 65.7. The van der Waals surface area contributed by atoms with Crippen LogP contribution in [0.4, 0.5) is 27.6 Å². The predicted molar refractivity (Wildman–Crippen MR) is 65.5 cm³/mol. The van der Waals surface area contributed by atoms with Crippen LogP contribution in [0.3, 0.4) is 0 Å². The molecule has 0 aliphatic heterocycles. The van der Waals surface area contributed by atoms with E-state index in [1.165, 1.54) is 6.20 Å². The highest BCUT2D eigenvalue weighted by atomic mass is 127. The molecule has 1 aromatic carbocycles. The van der Waals surface area contributed by atoms with Gasteiger partial charge in [0.25, 0.3) is 5.91 Å². The first-order valence-corrected chi connectivity index (χ1v) is 5.94. The summed E-state index contributed by atoms with van der Waals surface area (Å²) in [5.74, 6) is -11.9. The number of rotatable bonds is 2. The fraction of sp³-hybridized carbons (Fsp3) is 0. The molecule has 2 aromatic rings. The number of amides is 1. The van der Waals surface area contributed by atoms with Gasteiger partial charge in [-0.05, 0) is 22.6 Å². The molecule has 0 radical (unpaired) electrons. The number of carbonyl (C=O) groups is 1. The molecule has 2 N–H and O–H groups in total. The van der Waals surface area contributed by atoms with Crippen LogP contribution in [-0.4, -0.2) is 16.1 Å². The maximum atomic E-state index is 13.3. The second-order valence-corrected chi connectivity index (χ2v) is 4.65. The molecular weight excluding hydrogens is 400 g/mol. The summed E-state index contributed by atoms with van der Waals surface area (Å²) in [6, 6.07) is 0. The standard InChI is InChI=1S/C10H3F5IN3O/c11-3-4(12)6(14)9(7(15)5(3)13)18-10(20)8-2(16)1-17-19-8/h1H,(H,17,19)(H,18,20). The Balaban J connectivity index is 2.45. The number of benzene rings is 1. The van der Waals surface area contributed by atoms with Crippen LogP contribution in [0.25, 0.3) is 0 Å². The van der Waals surface area contributed by atoms with E-state index in [2.05, 4.69) is 10.2 Å². The average Bonchev–Trinajstić information content (AvgIpc) is 2.85. The van der Waals surface area contributed by atoms with Gasteiger partial charge < -0.3 is 5.32 Å². The fourth-order valence-electron chi connectivity index (χ4n) is 1.32. The quantitative estimate of drug-likeness (QED) is 0.351. The number of nitrogens with zero attached hydrogens (tertiary/aromatic N) is 1. The van der Waals surface area contributed by atoms with Gasteiger partial charge in [-0.3, -0.25) is 9.89 Å². The Morgan fingerprint density at radius 2 is 1.55 bits per heavy atom. The molecule has 1 amide bonds. The molecular formula is C10H3F5IN3O.